The molecule has 2 N–H and O–H groups in total. The summed E-state index contributed by atoms with van der Waals surface area (Å²) in [4.78, 5) is 47.3. The van der Waals surface area contributed by atoms with Gasteiger partial charge in [-0.15, -0.1) is 11.3 Å². The van der Waals surface area contributed by atoms with Crippen molar-refractivity contribution in [1.82, 2.24) is 29.6 Å². The van der Waals surface area contributed by atoms with Crippen LogP contribution in [0.4, 0.5) is 4.79 Å². The number of rotatable bonds is 9. The molecule has 3 saturated heterocycles. The lowest BCUT2D eigenvalue weighted by Crippen LogP contribution is -2.55. The number of thiophene rings is 1. The fourth-order valence-corrected chi connectivity index (χ4v) is 7.86. The zero-order chi connectivity index (χ0) is 30.7. The van der Waals surface area contributed by atoms with E-state index in [4.69, 9.17) is 11.6 Å². The van der Waals surface area contributed by atoms with Crippen molar-refractivity contribution in [3.8, 4) is 0 Å². The fraction of sp³-hybridized carbons (Fsp3) is 0.679. The number of amides is 4. The zero-order valence-corrected chi connectivity index (χ0v) is 27.2. The molecule has 42 heavy (non-hydrogen) atoms. The number of sulfonamides is 1. The summed E-state index contributed by atoms with van der Waals surface area (Å²) in [5.41, 5.74) is -0.301. The predicted octanol–water partition coefficient (Wildman–Crippen LogP) is 2.79. The first-order valence-corrected chi connectivity index (χ1v) is 17.3. The lowest BCUT2D eigenvalue weighted by molar-refractivity contribution is -0.143. The zero-order valence-electron chi connectivity index (χ0n) is 24.8. The molecule has 1 aromatic rings. The summed E-state index contributed by atoms with van der Waals surface area (Å²) in [6.45, 7) is 9.23. The molecule has 0 saturated carbocycles. The molecule has 1 aromatic heterocycles. The van der Waals surface area contributed by atoms with Crippen LogP contribution in [-0.4, -0.2) is 116 Å². The second kappa shape index (κ2) is 13.6. The van der Waals surface area contributed by atoms with Crippen molar-refractivity contribution in [3.63, 3.8) is 0 Å². The molecule has 3 fully saturated rings. The number of hydrogen-bond donors (Lipinski definition) is 2. The largest absolute Gasteiger partial charge is 0.337 e. The first-order chi connectivity index (χ1) is 19.7. The van der Waals surface area contributed by atoms with Gasteiger partial charge < -0.3 is 20.0 Å². The number of nitrogens with one attached hydrogen (secondary N) is 2. The first kappa shape index (κ1) is 32.7. The third-order valence-electron chi connectivity index (χ3n) is 7.93. The Balaban J connectivity index is 1.28. The van der Waals surface area contributed by atoms with Crippen LogP contribution < -0.4 is 10.0 Å². The highest BCUT2D eigenvalue weighted by Gasteiger charge is 2.37. The highest BCUT2D eigenvalue weighted by molar-refractivity contribution is 7.92. The van der Waals surface area contributed by atoms with E-state index in [2.05, 4.69) is 14.9 Å². The summed E-state index contributed by atoms with van der Waals surface area (Å²) >= 11 is 7.16. The molecule has 0 aromatic carbocycles. The standard InChI is InChI=1S/C28H43ClN6O5S2/c1-28(2,3)30-27(38)32(4)20-11-15-33(17-20)18-21-7-5-14-35(21)25(36)19-34-13-6-8-23(26(34)37)31-42(39,40)16-12-22-9-10-24(29)41-22/h9-10,12,16,20-21,23,31H,5-8,11,13-15,17-19H2,1-4H3,(H,30,38)/b16-12+/t20?,21-,23-/m0/s1. The lowest BCUT2D eigenvalue weighted by Gasteiger charge is -2.35. The predicted molar refractivity (Wildman–Crippen MR) is 166 cm³/mol. The van der Waals surface area contributed by atoms with Gasteiger partial charge in [0, 0.05) is 67.7 Å². The number of carbonyl (C=O) groups is 3. The van der Waals surface area contributed by atoms with E-state index in [1.807, 2.05) is 32.7 Å². The Morgan fingerprint density at radius 2 is 1.88 bits per heavy atom. The lowest BCUT2D eigenvalue weighted by atomic mass is 10.1. The third-order valence-corrected chi connectivity index (χ3v) is 10.2. The van der Waals surface area contributed by atoms with E-state index in [0.29, 0.717) is 35.1 Å². The van der Waals surface area contributed by atoms with Crippen molar-refractivity contribution < 1.29 is 22.8 Å². The van der Waals surface area contributed by atoms with E-state index in [-0.39, 0.29) is 42.0 Å². The molecule has 4 rings (SSSR count). The minimum Gasteiger partial charge on any atom is -0.337 e. The van der Waals surface area contributed by atoms with Crippen molar-refractivity contribution >= 4 is 56.9 Å². The normalized spacial score (nSPS) is 24.1. The molecule has 0 aliphatic carbocycles. The Morgan fingerprint density at radius 3 is 2.57 bits per heavy atom. The molecule has 3 atom stereocenters. The summed E-state index contributed by atoms with van der Waals surface area (Å²) in [6.07, 6.45) is 5.11. The van der Waals surface area contributed by atoms with Crippen LogP contribution in [0.3, 0.4) is 0 Å². The molecule has 0 spiro atoms. The van der Waals surface area contributed by atoms with E-state index >= 15 is 0 Å². The number of halogens is 1. The molecular weight excluding hydrogens is 600 g/mol. The van der Waals surface area contributed by atoms with Gasteiger partial charge in [-0.3, -0.25) is 14.5 Å². The van der Waals surface area contributed by atoms with Gasteiger partial charge in [0.05, 0.1) is 10.9 Å². The van der Waals surface area contributed by atoms with Crippen LogP contribution in [0.15, 0.2) is 17.5 Å². The highest BCUT2D eigenvalue weighted by Crippen LogP contribution is 2.24. The fourth-order valence-electron chi connectivity index (χ4n) is 5.79. The van der Waals surface area contributed by atoms with E-state index in [0.717, 1.165) is 44.3 Å². The number of nitrogens with zero attached hydrogens (tertiary/aromatic N) is 4. The van der Waals surface area contributed by atoms with Crippen LogP contribution in [0.5, 0.6) is 0 Å². The molecule has 1 unspecified atom stereocenters. The minimum absolute atomic E-state index is 0.0510. The van der Waals surface area contributed by atoms with E-state index < -0.39 is 16.1 Å². The Hall–Kier alpha value is -2.19. The SMILES string of the molecule is CN(C(=O)NC(C)(C)C)C1CCN(C[C@@H]2CCCN2C(=O)CN2CCC[C@H](NS(=O)(=O)/C=C/c3ccc(Cl)s3)C2=O)C1. The summed E-state index contributed by atoms with van der Waals surface area (Å²) in [7, 11) is -2.03. The number of hydrogen-bond acceptors (Lipinski definition) is 7. The third kappa shape index (κ3) is 8.91. The van der Waals surface area contributed by atoms with E-state index in [1.165, 1.54) is 22.3 Å². The minimum atomic E-state index is -3.86. The summed E-state index contributed by atoms with van der Waals surface area (Å²) in [5, 5.41) is 4.06. The first-order valence-electron chi connectivity index (χ1n) is 14.5. The molecule has 3 aliphatic rings. The Morgan fingerprint density at radius 1 is 1.14 bits per heavy atom. The molecule has 3 aliphatic heterocycles. The maximum absolute atomic E-state index is 13.4. The van der Waals surface area contributed by atoms with Gasteiger partial charge in [-0.05, 0) is 71.1 Å². The Bertz CT molecular complexity index is 1280. The second-order valence-corrected chi connectivity index (χ2v) is 15.8. The van der Waals surface area contributed by atoms with Gasteiger partial charge in [-0.2, -0.15) is 4.72 Å². The van der Waals surface area contributed by atoms with E-state index in [1.54, 1.807) is 17.0 Å². The van der Waals surface area contributed by atoms with Gasteiger partial charge in [0.25, 0.3) is 0 Å². The van der Waals surface area contributed by atoms with Gasteiger partial charge in [0.1, 0.15) is 6.04 Å². The quantitative estimate of drug-likeness (QED) is 0.427. The van der Waals surface area contributed by atoms with Crippen molar-refractivity contribution in [2.45, 2.75) is 76.5 Å². The maximum Gasteiger partial charge on any atom is 0.317 e. The average molecular weight is 643 g/mol. The summed E-state index contributed by atoms with van der Waals surface area (Å²) < 4.78 is 28.3. The topological polar surface area (TPSA) is 122 Å². The molecule has 14 heteroatoms. The van der Waals surface area contributed by atoms with Gasteiger partial charge in [-0.25, -0.2) is 13.2 Å². The molecular formula is C28H43ClN6O5S2. The number of carbonyl (C=O) groups excluding carboxylic acids is 3. The number of piperidine rings is 1. The average Bonchev–Trinajstić information content (AvgIpc) is 3.65. The molecule has 4 amide bonds. The van der Waals surface area contributed by atoms with Gasteiger partial charge in [-0.1, -0.05) is 11.6 Å². The van der Waals surface area contributed by atoms with Crippen molar-refractivity contribution in [2.24, 2.45) is 0 Å². The van der Waals surface area contributed by atoms with E-state index in [9.17, 15) is 22.8 Å². The van der Waals surface area contributed by atoms with Crippen molar-refractivity contribution in [3.05, 3.63) is 26.8 Å². The molecule has 11 nitrogen and oxygen atoms in total. The monoisotopic (exact) mass is 642 g/mol. The molecule has 234 valence electrons. The maximum atomic E-state index is 13.4. The molecule has 4 heterocycles. The van der Waals surface area contributed by atoms with Crippen molar-refractivity contribution in [1.29, 1.82) is 0 Å². The number of likely N-dealkylation sites (N-methyl/N-ethyl adjacent to an activating group) is 1. The highest BCUT2D eigenvalue weighted by atomic mass is 35.5. The Labute approximate surface area is 258 Å². The van der Waals surface area contributed by atoms with Crippen LogP contribution in [0.25, 0.3) is 6.08 Å². The van der Waals surface area contributed by atoms with Crippen LogP contribution in [0, 0.1) is 0 Å². The summed E-state index contributed by atoms with van der Waals surface area (Å²) in [5.74, 6) is -0.485. The summed E-state index contributed by atoms with van der Waals surface area (Å²) in [6, 6.07) is 2.58. The Kier molecular flexibility index (Phi) is 10.6. The van der Waals surface area contributed by atoms with Crippen LogP contribution in [0.2, 0.25) is 4.34 Å². The van der Waals surface area contributed by atoms with Gasteiger partial charge >= 0.3 is 6.03 Å². The van der Waals surface area contributed by atoms with Crippen LogP contribution in [0.1, 0.15) is 57.8 Å². The smallest absolute Gasteiger partial charge is 0.317 e. The number of likely N-dealkylation sites (tertiary alicyclic amines) is 3. The van der Waals surface area contributed by atoms with Crippen LogP contribution >= 0.6 is 22.9 Å². The molecule has 0 bridgehead atoms. The molecule has 0 radical (unpaired) electrons. The number of urea groups is 1. The second-order valence-electron chi connectivity index (χ2n) is 12.4. The van der Waals surface area contributed by atoms with Gasteiger partial charge in [0.2, 0.25) is 21.8 Å². The van der Waals surface area contributed by atoms with Gasteiger partial charge in [0.15, 0.2) is 0 Å². The van der Waals surface area contributed by atoms with Crippen molar-refractivity contribution in [2.75, 3.05) is 46.3 Å². The van der Waals surface area contributed by atoms with Crippen LogP contribution in [-0.2, 0) is 19.6 Å².